The minimum absolute atomic E-state index is 0.0127. The molecule has 3 heterocycles. The molecule has 2 aliphatic heterocycles. The number of nitrogens with one attached hydrogen (secondary N) is 1. The third-order valence-corrected chi connectivity index (χ3v) is 5.30. The van der Waals surface area contributed by atoms with Gasteiger partial charge in [-0.3, -0.25) is 4.79 Å². The van der Waals surface area contributed by atoms with Crippen LogP contribution in [0, 0.1) is 0 Å². The van der Waals surface area contributed by atoms with Gasteiger partial charge in [0, 0.05) is 31.4 Å². The minimum atomic E-state index is -0.0127. The van der Waals surface area contributed by atoms with Crippen molar-refractivity contribution in [3.8, 4) is 11.5 Å². The molecule has 2 aliphatic rings. The molecule has 28 heavy (non-hydrogen) atoms. The highest BCUT2D eigenvalue weighted by molar-refractivity contribution is 5.79. The lowest BCUT2D eigenvalue weighted by molar-refractivity contribution is -0.120. The number of aromatic nitrogens is 1. The normalized spacial score (nSPS) is 16.4. The highest BCUT2D eigenvalue weighted by Gasteiger charge is 2.16. The van der Waals surface area contributed by atoms with Crippen LogP contribution in [0.4, 0.5) is 5.82 Å². The molecule has 0 unspecified atom stereocenters. The van der Waals surface area contributed by atoms with Crippen molar-refractivity contribution in [1.29, 1.82) is 0 Å². The zero-order valence-electron chi connectivity index (χ0n) is 16.2. The fourth-order valence-electron chi connectivity index (χ4n) is 3.80. The van der Waals surface area contributed by atoms with Gasteiger partial charge in [0.05, 0.1) is 6.42 Å². The van der Waals surface area contributed by atoms with Crippen LogP contribution in [0.1, 0.15) is 43.2 Å². The van der Waals surface area contributed by atoms with E-state index in [9.17, 15) is 4.79 Å². The summed E-state index contributed by atoms with van der Waals surface area (Å²) in [6, 6.07) is 9.63. The Hall–Kier alpha value is -2.76. The summed E-state index contributed by atoms with van der Waals surface area (Å²) in [6.07, 6.45) is 8.45. The molecular weight excluding hydrogens is 354 g/mol. The van der Waals surface area contributed by atoms with Crippen LogP contribution >= 0.6 is 0 Å². The molecule has 1 amide bonds. The number of rotatable bonds is 5. The number of amides is 1. The van der Waals surface area contributed by atoms with E-state index >= 15 is 0 Å². The molecule has 1 saturated heterocycles. The summed E-state index contributed by atoms with van der Waals surface area (Å²) in [7, 11) is 0. The van der Waals surface area contributed by atoms with Gasteiger partial charge >= 0.3 is 0 Å². The second-order valence-corrected chi connectivity index (χ2v) is 7.38. The Bertz CT molecular complexity index is 816. The van der Waals surface area contributed by atoms with Crippen molar-refractivity contribution < 1.29 is 14.3 Å². The van der Waals surface area contributed by atoms with E-state index < -0.39 is 0 Å². The summed E-state index contributed by atoms with van der Waals surface area (Å²) in [6.45, 7) is 2.80. The molecule has 1 aromatic heterocycles. The van der Waals surface area contributed by atoms with Crippen LogP contribution in [0.3, 0.4) is 0 Å². The molecule has 1 aromatic carbocycles. The summed E-state index contributed by atoms with van der Waals surface area (Å²) in [5, 5.41) is 3.04. The van der Waals surface area contributed by atoms with Crippen LogP contribution < -0.4 is 19.7 Å². The standard InChI is InChI=1S/C22H27N3O3/c26-21(14-17-8-9-19-20(13-17)28-16-27-19)24-15-18-7-6-10-23-22(18)25-11-4-2-1-3-5-12-25/h6-10,13H,1-5,11-12,14-16H2,(H,24,26). The number of nitrogens with zero attached hydrogens (tertiary/aromatic N) is 2. The average molecular weight is 381 g/mol. The molecule has 0 bridgehead atoms. The van der Waals surface area contributed by atoms with E-state index in [-0.39, 0.29) is 12.7 Å². The van der Waals surface area contributed by atoms with Gasteiger partial charge in [0.15, 0.2) is 11.5 Å². The van der Waals surface area contributed by atoms with E-state index in [4.69, 9.17) is 9.47 Å². The number of anilines is 1. The van der Waals surface area contributed by atoms with Gasteiger partial charge in [0.2, 0.25) is 12.7 Å². The number of ether oxygens (including phenoxy) is 2. The minimum Gasteiger partial charge on any atom is -0.454 e. The average Bonchev–Trinajstić information content (AvgIpc) is 3.14. The van der Waals surface area contributed by atoms with Crippen molar-refractivity contribution in [2.75, 3.05) is 24.8 Å². The van der Waals surface area contributed by atoms with E-state index in [1.54, 1.807) is 0 Å². The summed E-state index contributed by atoms with van der Waals surface area (Å²) < 4.78 is 10.7. The van der Waals surface area contributed by atoms with Crippen molar-refractivity contribution in [2.45, 2.75) is 45.1 Å². The molecule has 0 atom stereocenters. The summed E-state index contributed by atoms with van der Waals surface area (Å²) in [5.41, 5.74) is 1.99. The fourth-order valence-corrected chi connectivity index (χ4v) is 3.80. The molecular formula is C22H27N3O3. The van der Waals surface area contributed by atoms with Gasteiger partial charge in [-0.25, -0.2) is 4.98 Å². The first kappa shape index (κ1) is 18.6. The number of fused-ring (bicyclic) bond motifs is 1. The first-order valence-electron chi connectivity index (χ1n) is 10.1. The monoisotopic (exact) mass is 381 g/mol. The predicted molar refractivity (Wildman–Crippen MR) is 108 cm³/mol. The lowest BCUT2D eigenvalue weighted by Gasteiger charge is -2.27. The number of carbonyl (C=O) groups excluding carboxylic acids is 1. The highest BCUT2D eigenvalue weighted by atomic mass is 16.7. The molecule has 2 aromatic rings. The third-order valence-electron chi connectivity index (χ3n) is 5.30. The Balaban J connectivity index is 1.37. The van der Waals surface area contributed by atoms with E-state index in [1.165, 1.54) is 32.1 Å². The molecule has 148 valence electrons. The molecule has 0 aliphatic carbocycles. The molecule has 1 N–H and O–H groups in total. The zero-order chi connectivity index (χ0) is 19.2. The van der Waals surface area contributed by atoms with E-state index in [0.29, 0.717) is 18.7 Å². The number of hydrogen-bond donors (Lipinski definition) is 1. The second-order valence-electron chi connectivity index (χ2n) is 7.38. The smallest absolute Gasteiger partial charge is 0.231 e. The summed E-state index contributed by atoms with van der Waals surface area (Å²) in [4.78, 5) is 19.5. The SMILES string of the molecule is O=C(Cc1ccc2c(c1)OCO2)NCc1cccnc1N1CCCCCCC1. The van der Waals surface area contributed by atoms with Gasteiger partial charge in [-0.1, -0.05) is 31.4 Å². The molecule has 0 radical (unpaired) electrons. The number of benzene rings is 1. The van der Waals surface area contributed by atoms with Crippen LogP contribution in [0.15, 0.2) is 36.5 Å². The quantitative estimate of drug-likeness (QED) is 0.860. The van der Waals surface area contributed by atoms with Crippen LogP contribution in [-0.2, 0) is 17.8 Å². The largest absolute Gasteiger partial charge is 0.454 e. The Morgan fingerprint density at radius 3 is 2.68 bits per heavy atom. The second kappa shape index (κ2) is 8.95. The molecule has 6 heteroatoms. The van der Waals surface area contributed by atoms with Gasteiger partial charge in [-0.2, -0.15) is 0 Å². The zero-order valence-corrected chi connectivity index (χ0v) is 16.2. The molecule has 4 rings (SSSR count). The van der Waals surface area contributed by atoms with E-state index in [0.717, 1.165) is 35.8 Å². The van der Waals surface area contributed by atoms with Crippen molar-refractivity contribution in [3.63, 3.8) is 0 Å². The summed E-state index contributed by atoms with van der Waals surface area (Å²) >= 11 is 0. The van der Waals surface area contributed by atoms with Gasteiger partial charge in [-0.15, -0.1) is 0 Å². The number of pyridine rings is 1. The Kier molecular flexibility index (Phi) is 5.95. The fraction of sp³-hybridized carbons (Fsp3) is 0.455. The van der Waals surface area contributed by atoms with E-state index in [2.05, 4.69) is 21.3 Å². The van der Waals surface area contributed by atoms with Crippen molar-refractivity contribution in [2.24, 2.45) is 0 Å². The third kappa shape index (κ3) is 4.55. The maximum atomic E-state index is 12.5. The number of carbonyl (C=O) groups is 1. The van der Waals surface area contributed by atoms with E-state index in [1.807, 2.05) is 30.5 Å². The van der Waals surface area contributed by atoms with Crippen LogP contribution in [0.25, 0.3) is 0 Å². The van der Waals surface area contributed by atoms with Crippen molar-refractivity contribution >= 4 is 11.7 Å². The highest BCUT2D eigenvalue weighted by Crippen LogP contribution is 2.32. The first-order valence-corrected chi connectivity index (χ1v) is 10.1. The van der Waals surface area contributed by atoms with Crippen LogP contribution in [0.5, 0.6) is 11.5 Å². The Morgan fingerprint density at radius 1 is 1.04 bits per heavy atom. The molecule has 6 nitrogen and oxygen atoms in total. The van der Waals surface area contributed by atoms with Crippen molar-refractivity contribution in [3.05, 3.63) is 47.7 Å². The maximum Gasteiger partial charge on any atom is 0.231 e. The van der Waals surface area contributed by atoms with Gasteiger partial charge in [0.1, 0.15) is 5.82 Å². The van der Waals surface area contributed by atoms with Crippen molar-refractivity contribution in [1.82, 2.24) is 10.3 Å². The maximum absolute atomic E-state index is 12.5. The summed E-state index contributed by atoms with van der Waals surface area (Å²) in [5.74, 6) is 2.43. The lowest BCUT2D eigenvalue weighted by atomic mass is 10.1. The van der Waals surface area contributed by atoms with Gasteiger partial charge in [0.25, 0.3) is 0 Å². The van der Waals surface area contributed by atoms with Crippen LogP contribution in [-0.4, -0.2) is 30.8 Å². The predicted octanol–water partition coefficient (Wildman–Crippen LogP) is 3.44. The number of hydrogen-bond acceptors (Lipinski definition) is 5. The molecule has 0 saturated carbocycles. The first-order chi connectivity index (χ1) is 13.8. The Morgan fingerprint density at radius 2 is 1.82 bits per heavy atom. The van der Waals surface area contributed by atoms with Crippen LogP contribution in [0.2, 0.25) is 0 Å². The topological polar surface area (TPSA) is 63.7 Å². The van der Waals surface area contributed by atoms with Gasteiger partial charge < -0.3 is 19.7 Å². The molecule has 1 fully saturated rings. The van der Waals surface area contributed by atoms with Gasteiger partial charge in [-0.05, 0) is 36.6 Å². The lowest BCUT2D eigenvalue weighted by Crippen LogP contribution is -2.31. The molecule has 0 spiro atoms. The Labute approximate surface area is 165 Å².